The van der Waals surface area contributed by atoms with E-state index >= 15 is 0 Å². The Hall–Kier alpha value is -1.38. The average molecular weight is 210 g/mol. The standard InChI is InChI=1S/C12H15FO2/c1-3-15-12(14)11(13)9(2)10-7-5-4-6-8-10/h4-9,11H,3H2,1-2H3/t9-,11+/m0/s1. The maximum atomic E-state index is 13.6. The van der Waals surface area contributed by atoms with Crippen LogP contribution in [0, 0.1) is 0 Å². The van der Waals surface area contributed by atoms with Gasteiger partial charge in [-0.1, -0.05) is 37.3 Å². The summed E-state index contributed by atoms with van der Waals surface area (Å²) in [6, 6.07) is 9.11. The van der Waals surface area contributed by atoms with Crippen LogP contribution < -0.4 is 0 Å². The van der Waals surface area contributed by atoms with E-state index in [-0.39, 0.29) is 6.61 Å². The zero-order valence-corrected chi connectivity index (χ0v) is 8.94. The van der Waals surface area contributed by atoms with Crippen LogP contribution in [0.3, 0.4) is 0 Å². The Morgan fingerprint density at radius 2 is 2.00 bits per heavy atom. The SMILES string of the molecule is CCOC(=O)[C@H](F)[C@@H](C)c1ccccc1. The summed E-state index contributed by atoms with van der Waals surface area (Å²) in [7, 11) is 0. The maximum Gasteiger partial charge on any atom is 0.341 e. The quantitative estimate of drug-likeness (QED) is 0.714. The molecule has 1 rings (SSSR count). The molecular weight excluding hydrogens is 195 g/mol. The number of halogens is 1. The first-order chi connectivity index (χ1) is 7.16. The van der Waals surface area contributed by atoms with Crippen molar-refractivity contribution in [1.29, 1.82) is 0 Å². The normalized spacial score (nSPS) is 14.3. The number of hydrogen-bond donors (Lipinski definition) is 0. The Kier molecular flexibility index (Phi) is 4.28. The molecule has 0 aliphatic heterocycles. The lowest BCUT2D eigenvalue weighted by molar-refractivity contribution is -0.149. The summed E-state index contributed by atoms with van der Waals surface area (Å²) < 4.78 is 18.2. The minimum Gasteiger partial charge on any atom is -0.464 e. The van der Waals surface area contributed by atoms with Crippen molar-refractivity contribution < 1.29 is 13.9 Å². The van der Waals surface area contributed by atoms with Gasteiger partial charge >= 0.3 is 5.97 Å². The van der Waals surface area contributed by atoms with E-state index in [1.54, 1.807) is 26.0 Å². The second kappa shape index (κ2) is 5.49. The minimum atomic E-state index is -1.59. The van der Waals surface area contributed by atoms with Crippen molar-refractivity contribution in [3.63, 3.8) is 0 Å². The maximum absolute atomic E-state index is 13.6. The largest absolute Gasteiger partial charge is 0.464 e. The lowest BCUT2D eigenvalue weighted by atomic mass is 9.96. The molecule has 1 aromatic rings. The van der Waals surface area contributed by atoms with E-state index in [2.05, 4.69) is 4.74 Å². The molecule has 0 radical (unpaired) electrons. The molecule has 15 heavy (non-hydrogen) atoms. The van der Waals surface area contributed by atoms with Gasteiger partial charge in [-0.2, -0.15) is 0 Å². The summed E-state index contributed by atoms with van der Waals surface area (Å²) in [6.45, 7) is 3.55. The van der Waals surface area contributed by atoms with Crippen molar-refractivity contribution in [2.24, 2.45) is 0 Å². The van der Waals surface area contributed by atoms with Crippen molar-refractivity contribution in [1.82, 2.24) is 0 Å². The van der Waals surface area contributed by atoms with Crippen molar-refractivity contribution in [2.45, 2.75) is 25.9 Å². The lowest BCUT2D eigenvalue weighted by Gasteiger charge is -2.15. The van der Waals surface area contributed by atoms with E-state index in [1.807, 2.05) is 18.2 Å². The molecule has 0 bridgehead atoms. The van der Waals surface area contributed by atoms with E-state index < -0.39 is 18.1 Å². The van der Waals surface area contributed by atoms with Crippen LogP contribution in [-0.4, -0.2) is 18.7 Å². The molecule has 0 spiro atoms. The molecule has 0 heterocycles. The number of ether oxygens (including phenoxy) is 1. The molecule has 0 N–H and O–H groups in total. The van der Waals surface area contributed by atoms with E-state index in [1.165, 1.54) is 0 Å². The predicted molar refractivity (Wildman–Crippen MR) is 56.4 cm³/mol. The van der Waals surface area contributed by atoms with E-state index in [9.17, 15) is 9.18 Å². The molecule has 82 valence electrons. The molecule has 0 amide bonds. The topological polar surface area (TPSA) is 26.3 Å². The highest BCUT2D eigenvalue weighted by molar-refractivity contribution is 5.75. The minimum absolute atomic E-state index is 0.209. The fraction of sp³-hybridized carbons (Fsp3) is 0.417. The molecule has 0 saturated heterocycles. The van der Waals surface area contributed by atoms with Crippen LogP contribution >= 0.6 is 0 Å². The van der Waals surface area contributed by atoms with Crippen LogP contribution in [0.5, 0.6) is 0 Å². The molecule has 2 atom stereocenters. The number of alkyl halides is 1. The Balaban J connectivity index is 2.68. The van der Waals surface area contributed by atoms with Gasteiger partial charge in [-0.25, -0.2) is 9.18 Å². The Labute approximate surface area is 89.1 Å². The van der Waals surface area contributed by atoms with Crippen LogP contribution in [-0.2, 0) is 9.53 Å². The van der Waals surface area contributed by atoms with Crippen LogP contribution in [0.2, 0.25) is 0 Å². The molecule has 3 heteroatoms. The Morgan fingerprint density at radius 3 is 2.53 bits per heavy atom. The summed E-state index contributed by atoms with van der Waals surface area (Å²) in [5.74, 6) is -1.25. The van der Waals surface area contributed by atoms with E-state index in [0.717, 1.165) is 5.56 Å². The molecular formula is C12H15FO2. The van der Waals surface area contributed by atoms with Crippen LogP contribution in [0.25, 0.3) is 0 Å². The summed E-state index contributed by atoms with van der Waals surface area (Å²) in [6.07, 6.45) is -1.59. The molecule has 0 aliphatic rings. The van der Waals surface area contributed by atoms with Crippen LogP contribution in [0.1, 0.15) is 25.3 Å². The van der Waals surface area contributed by atoms with Gasteiger partial charge in [0.2, 0.25) is 6.17 Å². The highest BCUT2D eigenvalue weighted by atomic mass is 19.1. The molecule has 0 fully saturated rings. The van der Waals surface area contributed by atoms with Gasteiger partial charge in [0.15, 0.2) is 0 Å². The van der Waals surface area contributed by atoms with Gasteiger partial charge in [0.05, 0.1) is 6.61 Å². The molecule has 0 aliphatic carbocycles. The first-order valence-corrected chi connectivity index (χ1v) is 5.02. The summed E-state index contributed by atoms with van der Waals surface area (Å²) in [4.78, 5) is 11.2. The second-order valence-electron chi connectivity index (χ2n) is 3.35. The van der Waals surface area contributed by atoms with Crippen molar-refractivity contribution >= 4 is 5.97 Å². The molecule has 0 aromatic heterocycles. The molecule has 2 nitrogen and oxygen atoms in total. The highest BCUT2D eigenvalue weighted by Gasteiger charge is 2.26. The van der Waals surface area contributed by atoms with Gasteiger partial charge in [0.1, 0.15) is 0 Å². The third-order valence-electron chi connectivity index (χ3n) is 2.28. The Morgan fingerprint density at radius 1 is 1.40 bits per heavy atom. The lowest BCUT2D eigenvalue weighted by Crippen LogP contribution is -2.24. The highest BCUT2D eigenvalue weighted by Crippen LogP contribution is 2.22. The first kappa shape index (κ1) is 11.7. The Bertz CT molecular complexity index is 311. The van der Waals surface area contributed by atoms with Gasteiger partial charge in [0, 0.05) is 5.92 Å². The van der Waals surface area contributed by atoms with Gasteiger partial charge in [-0.15, -0.1) is 0 Å². The van der Waals surface area contributed by atoms with Crippen molar-refractivity contribution in [2.75, 3.05) is 6.61 Å². The zero-order chi connectivity index (χ0) is 11.3. The first-order valence-electron chi connectivity index (χ1n) is 5.02. The molecule has 0 unspecified atom stereocenters. The van der Waals surface area contributed by atoms with Gasteiger partial charge in [-0.05, 0) is 12.5 Å². The number of rotatable bonds is 4. The smallest absolute Gasteiger partial charge is 0.341 e. The summed E-state index contributed by atoms with van der Waals surface area (Å²) in [5.41, 5.74) is 0.804. The number of carbonyl (C=O) groups excluding carboxylic acids is 1. The predicted octanol–water partition coefficient (Wildman–Crippen LogP) is 2.69. The van der Waals surface area contributed by atoms with Crippen LogP contribution in [0.15, 0.2) is 30.3 Å². The third kappa shape index (κ3) is 3.05. The third-order valence-corrected chi connectivity index (χ3v) is 2.28. The van der Waals surface area contributed by atoms with E-state index in [0.29, 0.717) is 0 Å². The van der Waals surface area contributed by atoms with Gasteiger partial charge < -0.3 is 4.74 Å². The fourth-order valence-electron chi connectivity index (χ4n) is 1.35. The monoisotopic (exact) mass is 210 g/mol. The molecule has 1 aromatic carbocycles. The van der Waals surface area contributed by atoms with Gasteiger partial charge in [0.25, 0.3) is 0 Å². The summed E-state index contributed by atoms with van der Waals surface area (Å²) in [5, 5.41) is 0. The van der Waals surface area contributed by atoms with Crippen molar-refractivity contribution in [3.8, 4) is 0 Å². The van der Waals surface area contributed by atoms with E-state index in [4.69, 9.17) is 0 Å². The number of carbonyl (C=O) groups is 1. The zero-order valence-electron chi connectivity index (χ0n) is 8.94. The number of esters is 1. The van der Waals surface area contributed by atoms with Crippen molar-refractivity contribution in [3.05, 3.63) is 35.9 Å². The average Bonchev–Trinajstić information content (AvgIpc) is 2.28. The second-order valence-corrected chi connectivity index (χ2v) is 3.35. The number of hydrogen-bond acceptors (Lipinski definition) is 2. The fourth-order valence-corrected chi connectivity index (χ4v) is 1.35. The molecule has 0 saturated carbocycles. The van der Waals surface area contributed by atoms with Gasteiger partial charge in [-0.3, -0.25) is 0 Å². The summed E-state index contributed by atoms with van der Waals surface area (Å²) >= 11 is 0. The van der Waals surface area contributed by atoms with Crippen LogP contribution in [0.4, 0.5) is 4.39 Å². The number of benzene rings is 1.